The second-order valence-electron chi connectivity index (χ2n) is 6.53. The number of halogens is 1. The van der Waals surface area contributed by atoms with Gasteiger partial charge in [0.25, 0.3) is 11.7 Å². The van der Waals surface area contributed by atoms with Gasteiger partial charge in [0, 0.05) is 17.3 Å². The maximum Gasteiger partial charge on any atom is 0.298 e. The van der Waals surface area contributed by atoms with Crippen LogP contribution in [0.2, 0.25) is 0 Å². The Morgan fingerprint density at radius 1 is 0.929 bits per heavy atom. The average Bonchev–Trinajstić information content (AvgIpc) is 3.09. The number of aryl methyl sites for hydroxylation is 1. The third-order valence-corrected chi connectivity index (χ3v) is 4.59. The molecule has 0 bridgehead atoms. The molecule has 1 amide bonds. The Hall–Kier alpha value is -3.73. The molecule has 0 saturated carbocycles. The van der Waals surface area contributed by atoms with E-state index in [0.717, 1.165) is 16.6 Å². The maximum atomic E-state index is 13.9. The molecule has 4 rings (SSSR count). The number of rotatable bonds is 4. The van der Waals surface area contributed by atoms with Crippen molar-refractivity contribution in [2.45, 2.75) is 6.92 Å². The molecule has 5 heteroatoms. The predicted octanol–water partition coefficient (Wildman–Crippen LogP) is 4.88. The number of carbonyl (C=O) groups is 2. The Morgan fingerprint density at radius 3 is 2.39 bits per heavy atom. The van der Waals surface area contributed by atoms with Gasteiger partial charge < -0.3 is 9.72 Å². The van der Waals surface area contributed by atoms with Crippen LogP contribution in [0.5, 0.6) is 0 Å². The van der Waals surface area contributed by atoms with Crippen LogP contribution in [0.1, 0.15) is 16.1 Å². The number of fused-ring (bicyclic) bond motifs is 1. The van der Waals surface area contributed by atoms with Crippen molar-refractivity contribution in [1.82, 2.24) is 4.40 Å². The summed E-state index contributed by atoms with van der Waals surface area (Å²) in [5.74, 6) is -2.21. The van der Waals surface area contributed by atoms with Gasteiger partial charge in [0.1, 0.15) is 11.5 Å². The van der Waals surface area contributed by atoms with E-state index < -0.39 is 17.5 Å². The minimum atomic E-state index is -0.887. The summed E-state index contributed by atoms with van der Waals surface area (Å²) in [6.07, 6.45) is 1.73. The summed E-state index contributed by atoms with van der Waals surface area (Å²) in [7, 11) is 0. The zero-order chi connectivity index (χ0) is 19.7. The van der Waals surface area contributed by atoms with E-state index >= 15 is 0 Å². The fraction of sp³-hybridized carbons (Fsp3) is 0.0435. The monoisotopic (exact) mass is 372 g/mol. The normalized spacial score (nSPS) is 10.8. The van der Waals surface area contributed by atoms with E-state index in [1.165, 1.54) is 18.2 Å². The minimum absolute atomic E-state index is 0.0291. The van der Waals surface area contributed by atoms with Gasteiger partial charge in [-0.15, -0.1) is 0 Å². The van der Waals surface area contributed by atoms with E-state index in [9.17, 15) is 14.0 Å². The van der Waals surface area contributed by atoms with E-state index in [2.05, 4.69) is 5.32 Å². The van der Waals surface area contributed by atoms with E-state index in [1.54, 1.807) is 22.7 Å². The fourth-order valence-electron chi connectivity index (χ4n) is 3.16. The molecule has 0 aliphatic heterocycles. The van der Waals surface area contributed by atoms with Crippen LogP contribution in [0.4, 0.5) is 10.1 Å². The van der Waals surface area contributed by atoms with Crippen molar-refractivity contribution in [2.24, 2.45) is 0 Å². The van der Waals surface area contributed by atoms with Gasteiger partial charge >= 0.3 is 0 Å². The first-order chi connectivity index (χ1) is 13.5. The highest BCUT2D eigenvalue weighted by molar-refractivity contribution is 6.47. The number of hydrogen-bond acceptors (Lipinski definition) is 2. The number of pyridine rings is 1. The van der Waals surface area contributed by atoms with Crippen LogP contribution in [0.3, 0.4) is 0 Å². The van der Waals surface area contributed by atoms with Crippen molar-refractivity contribution in [2.75, 3.05) is 5.32 Å². The van der Waals surface area contributed by atoms with E-state index in [4.69, 9.17) is 0 Å². The summed E-state index contributed by atoms with van der Waals surface area (Å²) in [5.41, 5.74) is 3.58. The standard InChI is InChI=1S/C23H17FN2O2/c1-15-9-11-16(12-10-15)18-14-17-6-4-5-13-26(17)21(18)22(27)23(28)25-20-8-3-2-7-19(20)24/h2-14H,1H3,(H,25,28). The second-order valence-corrected chi connectivity index (χ2v) is 6.53. The van der Waals surface area contributed by atoms with E-state index in [0.29, 0.717) is 5.56 Å². The molecule has 0 aliphatic rings. The summed E-state index contributed by atoms with van der Waals surface area (Å²) in [6, 6.07) is 20.9. The minimum Gasteiger partial charge on any atom is -0.317 e. The molecule has 0 aliphatic carbocycles. The molecule has 0 spiro atoms. The van der Waals surface area contributed by atoms with Gasteiger partial charge in [-0.2, -0.15) is 0 Å². The molecule has 1 N–H and O–H groups in total. The highest BCUT2D eigenvalue weighted by Crippen LogP contribution is 2.29. The molecule has 4 nitrogen and oxygen atoms in total. The molecular formula is C23H17FN2O2. The molecule has 2 aromatic carbocycles. The topological polar surface area (TPSA) is 50.6 Å². The molecular weight excluding hydrogens is 355 g/mol. The number of para-hydroxylation sites is 1. The number of Topliss-reactive ketones (excluding diaryl/α,β-unsaturated/α-hetero) is 1. The number of anilines is 1. The molecule has 0 unspecified atom stereocenters. The Balaban J connectivity index is 1.79. The van der Waals surface area contributed by atoms with E-state index in [-0.39, 0.29) is 11.4 Å². The van der Waals surface area contributed by atoms with E-state index in [1.807, 2.05) is 49.4 Å². The first-order valence-corrected chi connectivity index (χ1v) is 8.82. The molecule has 138 valence electrons. The lowest BCUT2D eigenvalue weighted by molar-refractivity contribution is -0.112. The second kappa shape index (κ2) is 7.12. The molecule has 0 atom stereocenters. The van der Waals surface area contributed by atoms with Crippen LogP contribution in [0.25, 0.3) is 16.6 Å². The van der Waals surface area contributed by atoms with Gasteiger partial charge in [0.15, 0.2) is 0 Å². The van der Waals surface area contributed by atoms with Crippen molar-refractivity contribution in [3.05, 3.63) is 96.1 Å². The van der Waals surface area contributed by atoms with Crippen molar-refractivity contribution in [3.63, 3.8) is 0 Å². The third-order valence-electron chi connectivity index (χ3n) is 4.59. The molecule has 2 aromatic heterocycles. The number of nitrogens with one attached hydrogen (secondary N) is 1. The number of amides is 1. The SMILES string of the molecule is Cc1ccc(-c2cc3ccccn3c2C(=O)C(=O)Nc2ccccc2F)cc1. The number of carbonyl (C=O) groups excluding carboxylic acids is 2. The Kier molecular flexibility index (Phi) is 4.49. The molecule has 0 radical (unpaired) electrons. The first kappa shape index (κ1) is 17.7. The van der Waals surface area contributed by atoms with Gasteiger partial charge in [-0.25, -0.2) is 4.39 Å². The van der Waals surface area contributed by atoms with Gasteiger partial charge in [0.2, 0.25) is 0 Å². The van der Waals surface area contributed by atoms with Crippen LogP contribution in [-0.2, 0) is 4.79 Å². The lowest BCUT2D eigenvalue weighted by Crippen LogP contribution is -2.25. The maximum absolute atomic E-state index is 13.9. The lowest BCUT2D eigenvalue weighted by Gasteiger charge is -2.08. The van der Waals surface area contributed by atoms with Crippen LogP contribution in [0, 0.1) is 12.7 Å². The summed E-state index contributed by atoms with van der Waals surface area (Å²) in [5, 5.41) is 2.37. The van der Waals surface area contributed by atoms with Gasteiger partial charge in [-0.05, 0) is 42.8 Å². The van der Waals surface area contributed by atoms with Crippen LogP contribution < -0.4 is 5.32 Å². The zero-order valence-electron chi connectivity index (χ0n) is 15.1. The predicted molar refractivity (Wildman–Crippen MR) is 107 cm³/mol. The lowest BCUT2D eigenvalue weighted by atomic mass is 10.0. The molecule has 4 aromatic rings. The first-order valence-electron chi connectivity index (χ1n) is 8.82. The zero-order valence-corrected chi connectivity index (χ0v) is 15.1. The van der Waals surface area contributed by atoms with Gasteiger partial charge in [0.05, 0.1) is 5.69 Å². The van der Waals surface area contributed by atoms with Gasteiger partial charge in [-0.3, -0.25) is 9.59 Å². The van der Waals surface area contributed by atoms with Crippen LogP contribution >= 0.6 is 0 Å². The van der Waals surface area contributed by atoms with Crippen LogP contribution in [-0.4, -0.2) is 16.1 Å². The molecule has 28 heavy (non-hydrogen) atoms. The van der Waals surface area contributed by atoms with Crippen molar-refractivity contribution >= 4 is 22.9 Å². The summed E-state index contributed by atoms with van der Waals surface area (Å²) >= 11 is 0. The van der Waals surface area contributed by atoms with Crippen molar-refractivity contribution in [3.8, 4) is 11.1 Å². The highest BCUT2D eigenvalue weighted by Gasteiger charge is 2.25. The summed E-state index contributed by atoms with van der Waals surface area (Å²) in [4.78, 5) is 25.6. The Bertz CT molecular complexity index is 1190. The fourth-order valence-corrected chi connectivity index (χ4v) is 3.16. The summed E-state index contributed by atoms with van der Waals surface area (Å²) in [6.45, 7) is 1.98. The average molecular weight is 372 g/mol. The third kappa shape index (κ3) is 3.18. The Labute approximate surface area is 161 Å². The molecule has 0 saturated heterocycles. The molecule has 0 fully saturated rings. The number of hydrogen-bond donors (Lipinski definition) is 1. The number of ketones is 1. The number of aromatic nitrogens is 1. The van der Waals surface area contributed by atoms with Crippen LogP contribution in [0.15, 0.2) is 79.0 Å². The smallest absolute Gasteiger partial charge is 0.298 e. The van der Waals surface area contributed by atoms with Crippen molar-refractivity contribution < 1.29 is 14.0 Å². The number of benzene rings is 2. The van der Waals surface area contributed by atoms with Crippen molar-refractivity contribution in [1.29, 1.82) is 0 Å². The quantitative estimate of drug-likeness (QED) is 0.410. The number of nitrogens with zero attached hydrogens (tertiary/aromatic N) is 1. The molecule has 2 heterocycles. The van der Waals surface area contributed by atoms with Gasteiger partial charge in [-0.1, -0.05) is 48.0 Å². The Morgan fingerprint density at radius 2 is 1.64 bits per heavy atom. The summed E-state index contributed by atoms with van der Waals surface area (Å²) < 4.78 is 15.5. The highest BCUT2D eigenvalue weighted by atomic mass is 19.1. The largest absolute Gasteiger partial charge is 0.317 e.